The molecule has 0 aliphatic carbocycles. The summed E-state index contributed by atoms with van der Waals surface area (Å²) in [6, 6.07) is 4.61. The zero-order valence-electron chi connectivity index (χ0n) is 10.6. The number of aliphatic hydroxyl groups excluding tert-OH is 1. The van der Waals surface area contributed by atoms with E-state index >= 15 is 0 Å². The van der Waals surface area contributed by atoms with Crippen LogP contribution in [0.25, 0.3) is 0 Å². The minimum Gasteiger partial charge on any atom is -0.395 e. The van der Waals surface area contributed by atoms with Crippen molar-refractivity contribution in [1.29, 1.82) is 0 Å². The molecule has 1 fully saturated rings. The molecule has 1 heterocycles. The third-order valence-electron chi connectivity index (χ3n) is 3.16. The van der Waals surface area contributed by atoms with E-state index in [0.29, 0.717) is 13.1 Å². The number of benzene rings is 1. The van der Waals surface area contributed by atoms with Crippen LogP contribution >= 0.6 is 0 Å². The monoisotopic (exact) mass is 301 g/mol. The number of hydrogen-bond acceptors (Lipinski definition) is 6. The first-order chi connectivity index (χ1) is 9.48. The normalized spacial score (nSPS) is 20.8. The van der Waals surface area contributed by atoms with Crippen molar-refractivity contribution in [2.75, 3.05) is 26.2 Å². The van der Waals surface area contributed by atoms with Crippen LogP contribution in [0.5, 0.6) is 0 Å². The van der Waals surface area contributed by atoms with Crippen molar-refractivity contribution in [3.8, 4) is 0 Å². The highest BCUT2D eigenvalue weighted by atomic mass is 32.2. The summed E-state index contributed by atoms with van der Waals surface area (Å²) in [5, 5.41) is 23.2. The van der Waals surface area contributed by atoms with Gasteiger partial charge in [0.05, 0.1) is 17.6 Å². The lowest BCUT2D eigenvalue weighted by Crippen LogP contribution is -2.55. The number of para-hydroxylation sites is 1. The third kappa shape index (κ3) is 2.66. The SMILES string of the molecule is O=[N+]([O-])c1ccccc1S(=O)(=O)N1CCNCC1CO. The number of rotatable bonds is 4. The van der Waals surface area contributed by atoms with Gasteiger partial charge in [-0.25, -0.2) is 8.42 Å². The van der Waals surface area contributed by atoms with Gasteiger partial charge in [-0.2, -0.15) is 4.31 Å². The Balaban J connectivity index is 2.47. The molecule has 9 heteroatoms. The molecule has 0 bridgehead atoms. The Morgan fingerprint density at radius 1 is 1.45 bits per heavy atom. The summed E-state index contributed by atoms with van der Waals surface area (Å²) >= 11 is 0. The first-order valence-electron chi connectivity index (χ1n) is 6.05. The molecule has 1 aliphatic heterocycles. The number of sulfonamides is 1. The van der Waals surface area contributed by atoms with E-state index in [2.05, 4.69) is 5.32 Å². The lowest BCUT2D eigenvalue weighted by atomic mass is 10.2. The molecular weight excluding hydrogens is 286 g/mol. The molecule has 1 atom stereocenters. The largest absolute Gasteiger partial charge is 0.395 e. The van der Waals surface area contributed by atoms with E-state index in [-0.39, 0.29) is 18.0 Å². The first kappa shape index (κ1) is 14.9. The summed E-state index contributed by atoms with van der Waals surface area (Å²) < 4.78 is 26.2. The zero-order chi connectivity index (χ0) is 14.8. The summed E-state index contributed by atoms with van der Waals surface area (Å²) in [6.07, 6.45) is 0. The van der Waals surface area contributed by atoms with Gasteiger partial charge in [0.2, 0.25) is 10.0 Å². The molecule has 2 N–H and O–H groups in total. The molecule has 1 saturated heterocycles. The predicted molar refractivity (Wildman–Crippen MR) is 70.7 cm³/mol. The van der Waals surface area contributed by atoms with Crippen molar-refractivity contribution in [2.45, 2.75) is 10.9 Å². The van der Waals surface area contributed by atoms with Crippen molar-refractivity contribution in [3.05, 3.63) is 34.4 Å². The second kappa shape index (κ2) is 5.83. The van der Waals surface area contributed by atoms with Gasteiger partial charge in [0.25, 0.3) is 5.69 Å². The Bertz CT molecular complexity index is 604. The van der Waals surface area contributed by atoms with E-state index in [9.17, 15) is 23.6 Å². The van der Waals surface area contributed by atoms with Gasteiger partial charge < -0.3 is 10.4 Å². The van der Waals surface area contributed by atoms with Crippen LogP contribution < -0.4 is 5.32 Å². The van der Waals surface area contributed by atoms with E-state index in [0.717, 1.165) is 10.4 Å². The fourth-order valence-corrected chi connectivity index (χ4v) is 3.94. The maximum atomic E-state index is 12.6. The quantitative estimate of drug-likeness (QED) is 0.575. The van der Waals surface area contributed by atoms with Gasteiger partial charge in [-0.05, 0) is 6.07 Å². The average molecular weight is 301 g/mol. The molecule has 2 rings (SSSR count). The Hall–Kier alpha value is -1.55. The van der Waals surface area contributed by atoms with Crippen molar-refractivity contribution < 1.29 is 18.4 Å². The van der Waals surface area contributed by atoms with Crippen LogP contribution in [0.2, 0.25) is 0 Å². The van der Waals surface area contributed by atoms with Gasteiger partial charge >= 0.3 is 0 Å². The molecule has 1 unspecified atom stereocenters. The van der Waals surface area contributed by atoms with Crippen molar-refractivity contribution >= 4 is 15.7 Å². The fourth-order valence-electron chi connectivity index (χ4n) is 2.17. The molecule has 0 aromatic heterocycles. The Kier molecular flexibility index (Phi) is 4.33. The highest BCUT2D eigenvalue weighted by molar-refractivity contribution is 7.89. The topological polar surface area (TPSA) is 113 Å². The number of nitrogens with one attached hydrogen (secondary N) is 1. The van der Waals surface area contributed by atoms with Gasteiger partial charge in [0, 0.05) is 25.7 Å². The van der Waals surface area contributed by atoms with Gasteiger partial charge in [-0.3, -0.25) is 10.1 Å². The van der Waals surface area contributed by atoms with Gasteiger partial charge in [0.15, 0.2) is 4.90 Å². The minimum absolute atomic E-state index is 0.166. The van der Waals surface area contributed by atoms with Crippen LogP contribution in [0.1, 0.15) is 0 Å². The molecule has 20 heavy (non-hydrogen) atoms. The Morgan fingerprint density at radius 3 is 2.80 bits per heavy atom. The number of nitrogens with zero attached hydrogens (tertiary/aromatic N) is 2. The minimum atomic E-state index is -4.01. The highest BCUT2D eigenvalue weighted by Gasteiger charge is 2.36. The van der Waals surface area contributed by atoms with Crippen LogP contribution in [0.4, 0.5) is 5.69 Å². The Morgan fingerprint density at radius 2 is 2.15 bits per heavy atom. The van der Waals surface area contributed by atoms with Gasteiger partial charge in [-0.1, -0.05) is 12.1 Å². The molecule has 0 saturated carbocycles. The molecule has 0 spiro atoms. The van der Waals surface area contributed by atoms with Crippen LogP contribution in [0, 0.1) is 10.1 Å². The molecular formula is C11H15N3O5S. The predicted octanol–water partition coefficient (Wildman–Crippen LogP) is -0.450. The van der Waals surface area contributed by atoms with Crippen LogP contribution in [0.3, 0.4) is 0 Å². The average Bonchev–Trinajstić information content (AvgIpc) is 2.47. The molecule has 0 amide bonds. The lowest BCUT2D eigenvalue weighted by molar-refractivity contribution is -0.387. The van der Waals surface area contributed by atoms with E-state index < -0.39 is 26.7 Å². The number of hydrogen-bond donors (Lipinski definition) is 2. The molecule has 110 valence electrons. The number of nitro groups is 1. The second-order valence-corrected chi connectivity index (χ2v) is 6.24. The summed E-state index contributed by atoms with van der Waals surface area (Å²) in [5.74, 6) is 0. The van der Waals surface area contributed by atoms with Gasteiger partial charge in [0.1, 0.15) is 0 Å². The smallest absolute Gasteiger partial charge is 0.289 e. The van der Waals surface area contributed by atoms with E-state index in [4.69, 9.17) is 0 Å². The van der Waals surface area contributed by atoms with Crippen LogP contribution in [0.15, 0.2) is 29.2 Å². The van der Waals surface area contributed by atoms with Crippen LogP contribution in [-0.2, 0) is 10.0 Å². The summed E-state index contributed by atoms with van der Waals surface area (Å²) in [6.45, 7) is 0.583. The number of nitro benzene ring substituents is 1. The van der Waals surface area contributed by atoms with E-state index in [1.807, 2.05) is 0 Å². The zero-order valence-corrected chi connectivity index (χ0v) is 11.4. The molecule has 1 aliphatic rings. The molecule has 0 radical (unpaired) electrons. The second-order valence-electron chi connectivity index (χ2n) is 4.38. The van der Waals surface area contributed by atoms with Crippen molar-refractivity contribution in [1.82, 2.24) is 9.62 Å². The number of piperazine rings is 1. The first-order valence-corrected chi connectivity index (χ1v) is 7.49. The Labute approximate surface area is 116 Å². The maximum Gasteiger partial charge on any atom is 0.289 e. The highest BCUT2D eigenvalue weighted by Crippen LogP contribution is 2.27. The molecule has 1 aromatic carbocycles. The van der Waals surface area contributed by atoms with Crippen LogP contribution in [-0.4, -0.2) is 55.0 Å². The molecule has 1 aromatic rings. The van der Waals surface area contributed by atoms with Crippen molar-refractivity contribution in [2.24, 2.45) is 0 Å². The van der Waals surface area contributed by atoms with Crippen molar-refractivity contribution in [3.63, 3.8) is 0 Å². The lowest BCUT2D eigenvalue weighted by Gasteiger charge is -2.33. The van der Waals surface area contributed by atoms with E-state index in [1.165, 1.54) is 18.2 Å². The standard InChI is InChI=1S/C11H15N3O5S/c15-8-9-7-12-5-6-13(9)20(18,19)11-4-2-1-3-10(11)14(16)17/h1-4,9,12,15H,5-8H2. The summed E-state index contributed by atoms with van der Waals surface area (Å²) in [7, 11) is -4.01. The fraction of sp³-hybridized carbons (Fsp3) is 0.455. The summed E-state index contributed by atoms with van der Waals surface area (Å²) in [4.78, 5) is 9.90. The summed E-state index contributed by atoms with van der Waals surface area (Å²) in [5.41, 5.74) is -0.456. The number of aliphatic hydroxyl groups is 1. The third-order valence-corrected chi connectivity index (χ3v) is 5.15. The van der Waals surface area contributed by atoms with Gasteiger partial charge in [-0.15, -0.1) is 0 Å². The molecule has 8 nitrogen and oxygen atoms in total. The van der Waals surface area contributed by atoms with E-state index in [1.54, 1.807) is 0 Å². The maximum absolute atomic E-state index is 12.6.